The van der Waals surface area contributed by atoms with Crippen molar-refractivity contribution in [2.45, 2.75) is 45.3 Å². The Morgan fingerprint density at radius 3 is 2.58 bits per heavy atom. The fourth-order valence-electron chi connectivity index (χ4n) is 3.12. The van der Waals surface area contributed by atoms with Gasteiger partial charge in [0.05, 0.1) is 19.8 Å². The number of ether oxygens (including phenoxy) is 2. The van der Waals surface area contributed by atoms with E-state index in [4.69, 9.17) is 15.2 Å². The van der Waals surface area contributed by atoms with Crippen LogP contribution in [0.1, 0.15) is 36.8 Å². The van der Waals surface area contributed by atoms with Gasteiger partial charge in [0.1, 0.15) is 11.5 Å². The molecule has 0 unspecified atom stereocenters. The summed E-state index contributed by atoms with van der Waals surface area (Å²) in [4.78, 5) is 4.47. The van der Waals surface area contributed by atoms with E-state index in [0.29, 0.717) is 18.6 Å². The molecule has 0 spiro atoms. The third-order valence-corrected chi connectivity index (χ3v) is 4.60. The van der Waals surface area contributed by atoms with Crippen molar-refractivity contribution in [3.05, 3.63) is 53.6 Å². The monoisotopic (exact) mass is 353 g/mol. The molecule has 3 N–H and O–H groups in total. The van der Waals surface area contributed by atoms with E-state index in [1.165, 1.54) is 18.4 Å². The minimum Gasteiger partial charge on any atom is -0.497 e. The zero-order valence-corrected chi connectivity index (χ0v) is 15.5. The lowest BCUT2D eigenvalue weighted by Gasteiger charge is -2.16. The largest absolute Gasteiger partial charge is 0.497 e. The minimum atomic E-state index is 0.328. The van der Waals surface area contributed by atoms with Crippen LogP contribution in [-0.2, 0) is 6.54 Å². The summed E-state index contributed by atoms with van der Waals surface area (Å²) in [7, 11) is 1.64. The topological polar surface area (TPSA) is 68.9 Å². The second-order valence-electron chi connectivity index (χ2n) is 6.69. The lowest BCUT2D eigenvalue weighted by atomic mass is 10.1. The molecule has 0 bridgehead atoms. The van der Waals surface area contributed by atoms with E-state index in [9.17, 15) is 0 Å². The van der Waals surface area contributed by atoms with E-state index in [2.05, 4.69) is 35.4 Å². The molecule has 2 aromatic rings. The van der Waals surface area contributed by atoms with Crippen molar-refractivity contribution in [3.8, 4) is 11.5 Å². The first kappa shape index (κ1) is 18.1. The summed E-state index contributed by atoms with van der Waals surface area (Å²) in [5, 5.41) is 3.10. The third-order valence-electron chi connectivity index (χ3n) is 4.60. The molecule has 5 nitrogen and oxygen atoms in total. The molecule has 1 aliphatic carbocycles. The molecule has 26 heavy (non-hydrogen) atoms. The first-order chi connectivity index (χ1) is 12.6. The minimum absolute atomic E-state index is 0.328. The van der Waals surface area contributed by atoms with Crippen LogP contribution < -0.4 is 20.5 Å². The van der Waals surface area contributed by atoms with E-state index < -0.39 is 0 Å². The molecule has 0 aliphatic heterocycles. The molecule has 1 fully saturated rings. The van der Waals surface area contributed by atoms with Gasteiger partial charge in [0, 0.05) is 11.3 Å². The Labute approximate surface area is 155 Å². The van der Waals surface area contributed by atoms with Gasteiger partial charge < -0.3 is 20.5 Å². The molecule has 0 radical (unpaired) electrons. The molecule has 1 saturated carbocycles. The van der Waals surface area contributed by atoms with Gasteiger partial charge in [-0.2, -0.15) is 0 Å². The fourth-order valence-corrected chi connectivity index (χ4v) is 3.12. The number of methoxy groups -OCH3 is 1. The van der Waals surface area contributed by atoms with E-state index in [-0.39, 0.29) is 0 Å². The molecule has 1 aliphatic rings. The van der Waals surface area contributed by atoms with Crippen LogP contribution in [0.4, 0.5) is 5.69 Å². The van der Waals surface area contributed by atoms with Crippen molar-refractivity contribution in [2.75, 3.05) is 12.4 Å². The van der Waals surface area contributed by atoms with Crippen molar-refractivity contribution in [2.24, 2.45) is 10.7 Å². The Kier molecular flexibility index (Phi) is 6.00. The predicted molar refractivity (Wildman–Crippen MR) is 106 cm³/mol. The van der Waals surface area contributed by atoms with Crippen molar-refractivity contribution in [1.29, 1.82) is 0 Å². The summed E-state index contributed by atoms with van der Waals surface area (Å²) < 4.78 is 11.4. The molecule has 3 rings (SSSR count). The van der Waals surface area contributed by atoms with Crippen molar-refractivity contribution in [3.63, 3.8) is 0 Å². The molecule has 0 aromatic heterocycles. The Morgan fingerprint density at radius 2 is 1.88 bits per heavy atom. The summed E-state index contributed by atoms with van der Waals surface area (Å²) in [5.74, 6) is 2.11. The van der Waals surface area contributed by atoms with E-state index in [1.54, 1.807) is 7.11 Å². The van der Waals surface area contributed by atoms with Crippen LogP contribution in [0.15, 0.2) is 47.5 Å². The lowest BCUT2D eigenvalue weighted by Crippen LogP contribution is -2.22. The third kappa shape index (κ3) is 4.91. The fraction of sp³-hybridized carbons (Fsp3) is 0.381. The normalized spacial score (nSPS) is 15.1. The van der Waals surface area contributed by atoms with E-state index >= 15 is 0 Å². The summed E-state index contributed by atoms with van der Waals surface area (Å²) in [6.07, 6.45) is 5.11. The van der Waals surface area contributed by atoms with Gasteiger partial charge in [-0.05, 0) is 68.5 Å². The van der Waals surface area contributed by atoms with Crippen LogP contribution >= 0.6 is 0 Å². The number of nitrogens with one attached hydrogen (secondary N) is 1. The van der Waals surface area contributed by atoms with Crippen LogP contribution in [0.25, 0.3) is 0 Å². The number of nitrogens with zero attached hydrogens (tertiary/aromatic N) is 1. The number of nitrogens with two attached hydrogens (primary N) is 1. The SMILES string of the molecule is COc1ccc(NC(N)=NCc2ccc(C)cc2OC2CCCC2)cc1. The second kappa shape index (κ2) is 8.61. The molecule has 5 heteroatoms. The first-order valence-corrected chi connectivity index (χ1v) is 9.11. The van der Waals surface area contributed by atoms with Crippen molar-refractivity contribution in [1.82, 2.24) is 0 Å². The van der Waals surface area contributed by atoms with Crippen molar-refractivity contribution >= 4 is 11.6 Å². The average Bonchev–Trinajstić information content (AvgIpc) is 3.15. The molecular weight excluding hydrogens is 326 g/mol. The van der Waals surface area contributed by atoms with E-state index in [1.807, 2.05) is 24.3 Å². The lowest BCUT2D eigenvalue weighted by molar-refractivity contribution is 0.208. The zero-order valence-electron chi connectivity index (χ0n) is 15.5. The Balaban J connectivity index is 1.65. The molecule has 2 aromatic carbocycles. The number of aliphatic imine (C=N–C) groups is 1. The average molecular weight is 353 g/mol. The molecule has 0 amide bonds. The maximum absolute atomic E-state index is 6.22. The number of rotatable bonds is 6. The molecule has 0 heterocycles. The van der Waals surface area contributed by atoms with Crippen LogP contribution in [-0.4, -0.2) is 19.2 Å². The zero-order chi connectivity index (χ0) is 18.4. The van der Waals surface area contributed by atoms with Crippen LogP contribution in [0.3, 0.4) is 0 Å². The van der Waals surface area contributed by atoms with Gasteiger partial charge in [-0.15, -0.1) is 0 Å². The van der Waals surface area contributed by atoms with Gasteiger partial charge in [0.2, 0.25) is 0 Å². The van der Waals surface area contributed by atoms with Gasteiger partial charge in [0.15, 0.2) is 5.96 Å². The first-order valence-electron chi connectivity index (χ1n) is 9.11. The summed E-state index contributed by atoms with van der Waals surface area (Å²) in [5.41, 5.74) is 9.16. The standard InChI is InChI=1S/C21H27N3O2/c1-15-7-8-16(20(13-15)26-19-5-3-4-6-19)14-23-21(22)24-17-9-11-18(25-2)12-10-17/h7-13,19H,3-6,14H2,1-2H3,(H3,22,23,24). The summed E-state index contributed by atoms with van der Waals surface area (Å²) >= 11 is 0. The van der Waals surface area contributed by atoms with Gasteiger partial charge in [-0.3, -0.25) is 0 Å². The van der Waals surface area contributed by atoms with Gasteiger partial charge >= 0.3 is 0 Å². The highest BCUT2D eigenvalue weighted by Crippen LogP contribution is 2.28. The number of benzene rings is 2. The molecule has 0 saturated heterocycles. The van der Waals surface area contributed by atoms with Crippen LogP contribution in [0.2, 0.25) is 0 Å². The van der Waals surface area contributed by atoms with Gasteiger partial charge in [-0.25, -0.2) is 4.99 Å². The molecular formula is C21H27N3O2. The number of aryl methyl sites for hydroxylation is 1. The smallest absolute Gasteiger partial charge is 0.193 e. The van der Waals surface area contributed by atoms with Gasteiger partial charge in [0.25, 0.3) is 0 Å². The van der Waals surface area contributed by atoms with E-state index in [0.717, 1.165) is 35.6 Å². The highest BCUT2D eigenvalue weighted by molar-refractivity contribution is 5.92. The summed E-state index contributed by atoms with van der Waals surface area (Å²) in [6.45, 7) is 2.56. The van der Waals surface area contributed by atoms with Crippen LogP contribution in [0.5, 0.6) is 11.5 Å². The maximum atomic E-state index is 6.22. The number of anilines is 1. The quantitative estimate of drug-likeness (QED) is 0.602. The summed E-state index contributed by atoms with van der Waals surface area (Å²) in [6, 6.07) is 13.8. The van der Waals surface area contributed by atoms with Crippen LogP contribution in [0, 0.1) is 6.92 Å². The highest BCUT2D eigenvalue weighted by atomic mass is 16.5. The Hall–Kier alpha value is -2.69. The van der Waals surface area contributed by atoms with Gasteiger partial charge in [-0.1, -0.05) is 12.1 Å². The Morgan fingerprint density at radius 1 is 1.15 bits per heavy atom. The molecule has 138 valence electrons. The Bertz CT molecular complexity index is 750. The number of guanidine groups is 1. The number of hydrogen-bond acceptors (Lipinski definition) is 3. The molecule has 0 atom stereocenters. The second-order valence-corrected chi connectivity index (χ2v) is 6.69. The van der Waals surface area contributed by atoms with Crippen molar-refractivity contribution < 1.29 is 9.47 Å². The maximum Gasteiger partial charge on any atom is 0.193 e. The number of hydrogen-bond donors (Lipinski definition) is 2. The predicted octanol–water partition coefficient (Wildman–Crippen LogP) is 4.25. The highest BCUT2D eigenvalue weighted by Gasteiger charge is 2.18.